The van der Waals surface area contributed by atoms with Crippen molar-refractivity contribution in [1.29, 1.82) is 0 Å². The van der Waals surface area contributed by atoms with Crippen LogP contribution in [0.5, 0.6) is 0 Å². The van der Waals surface area contributed by atoms with E-state index in [2.05, 4.69) is 24.5 Å². The van der Waals surface area contributed by atoms with E-state index in [-0.39, 0.29) is 52.6 Å². The number of hydrogen-bond acceptors (Lipinski definition) is 8. The first kappa shape index (κ1) is 89.6. The highest BCUT2D eigenvalue weighted by atomic mass is 16.5. The molecular formula is C72H144N2O10. The lowest BCUT2D eigenvalue weighted by atomic mass is 9.89. The molecule has 0 heterocycles. The molecule has 0 rings (SSSR count). The monoisotopic (exact) mass is 1200 g/mol. The molecule has 0 bridgehead atoms. The maximum Gasteiger partial charge on any atom is 0.311 e. The van der Waals surface area contributed by atoms with Crippen molar-refractivity contribution in [2.24, 2.45) is 33.0 Å². The SMILES string of the molecule is CCC(C)(C)C(=O)O.CCC(C)(C)C(=O)O.CCC(C)C(=O)NCNC(=O)C(C)(C)CC.CCCCCCCCCCCCCCCCCCOC(=O)C(C)(C)CC.CCCCCCCCCCCCCCCCCCOC(=O)C(C)(C)CC. The Morgan fingerprint density at radius 3 is 0.750 bits per heavy atom. The van der Waals surface area contributed by atoms with Crippen molar-refractivity contribution in [2.75, 3.05) is 19.9 Å². The summed E-state index contributed by atoms with van der Waals surface area (Å²) in [5.41, 5.74) is -2.11. The Balaban J connectivity index is -0.000000334. The van der Waals surface area contributed by atoms with E-state index in [9.17, 15) is 28.8 Å². The molecule has 0 radical (unpaired) electrons. The number of ether oxygens (including phenoxy) is 2. The van der Waals surface area contributed by atoms with Crippen molar-refractivity contribution in [3.63, 3.8) is 0 Å². The van der Waals surface area contributed by atoms with Crippen molar-refractivity contribution in [1.82, 2.24) is 10.6 Å². The summed E-state index contributed by atoms with van der Waals surface area (Å²) < 4.78 is 10.8. The van der Waals surface area contributed by atoms with Gasteiger partial charge in [-0.1, -0.05) is 269 Å². The quantitative estimate of drug-likeness (QED) is 0.0260. The van der Waals surface area contributed by atoms with Crippen LogP contribution in [0.25, 0.3) is 0 Å². The Morgan fingerprint density at radius 2 is 0.560 bits per heavy atom. The third-order valence-corrected chi connectivity index (χ3v) is 17.3. The predicted octanol–water partition coefficient (Wildman–Crippen LogP) is 21.1. The molecule has 12 heteroatoms. The number of esters is 2. The fourth-order valence-electron chi connectivity index (χ4n) is 7.58. The van der Waals surface area contributed by atoms with Gasteiger partial charge in [0.2, 0.25) is 11.8 Å². The molecule has 0 aliphatic carbocycles. The first-order valence-electron chi connectivity index (χ1n) is 34.8. The summed E-state index contributed by atoms with van der Waals surface area (Å²) in [7, 11) is 0. The molecule has 0 saturated carbocycles. The zero-order valence-electron chi connectivity index (χ0n) is 59.2. The second-order valence-corrected chi connectivity index (χ2v) is 27.2. The van der Waals surface area contributed by atoms with Crippen LogP contribution in [-0.2, 0) is 38.2 Å². The molecule has 0 aliphatic rings. The maximum absolute atomic E-state index is 11.8. The number of carbonyl (C=O) groups is 6. The predicted molar refractivity (Wildman–Crippen MR) is 357 cm³/mol. The molecule has 0 saturated heterocycles. The molecule has 84 heavy (non-hydrogen) atoms. The van der Waals surface area contributed by atoms with Crippen LogP contribution in [0.1, 0.15) is 376 Å². The van der Waals surface area contributed by atoms with E-state index in [4.69, 9.17) is 19.7 Å². The second-order valence-electron chi connectivity index (χ2n) is 27.2. The number of amides is 2. The number of aliphatic carboxylic acids is 2. The average Bonchev–Trinajstić information content (AvgIpc) is 3.51. The van der Waals surface area contributed by atoms with Gasteiger partial charge in [-0.3, -0.25) is 28.8 Å². The lowest BCUT2D eigenvalue weighted by Crippen LogP contribution is -2.44. The minimum Gasteiger partial charge on any atom is -0.481 e. The highest BCUT2D eigenvalue weighted by Gasteiger charge is 2.28. The fraction of sp³-hybridized carbons (Fsp3) is 0.917. The molecule has 0 aliphatic heterocycles. The smallest absolute Gasteiger partial charge is 0.311 e. The normalized spacial score (nSPS) is 11.9. The van der Waals surface area contributed by atoms with Crippen LogP contribution in [0.2, 0.25) is 0 Å². The Kier molecular flexibility index (Phi) is 61.4. The van der Waals surface area contributed by atoms with Gasteiger partial charge < -0.3 is 30.3 Å². The third kappa shape index (κ3) is 56.6. The molecule has 502 valence electrons. The van der Waals surface area contributed by atoms with Gasteiger partial charge in [-0.05, 0) is 107 Å². The number of rotatable bonds is 48. The van der Waals surface area contributed by atoms with Crippen LogP contribution in [0.15, 0.2) is 0 Å². The second kappa shape index (κ2) is 57.6. The summed E-state index contributed by atoms with van der Waals surface area (Å²) in [6, 6.07) is 0. The van der Waals surface area contributed by atoms with Gasteiger partial charge in [0, 0.05) is 11.3 Å². The maximum atomic E-state index is 11.8. The van der Waals surface area contributed by atoms with E-state index in [0.717, 1.165) is 38.5 Å². The Hall–Kier alpha value is -3.18. The topological polar surface area (TPSA) is 185 Å². The molecule has 0 aromatic heterocycles. The van der Waals surface area contributed by atoms with Gasteiger partial charge in [-0.2, -0.15) is 0 Å². The van der Waals surface area contributed by atoms with Crippen molar-refractivity contribution < 1.29 is 48.5 Å². The number of unbranched alkanes of at least 4 members (excludes halogenated alkanes) is 30. The van der Waals surface area contributed by atoms with Gasteiger partial charge in [0.05, 0.1) is 41.5 Å². The standard InChI is InChI=1S/2C24H48O2.C12H24N2O2.2C6H12O2/c2*1-5-7-8-9-10-11-12-13-14-15-16-17-18-19-20-21-22-26-23(25)24(3,4)6-2;1-6-9(3)10(15)13-8-14-11(16)12(4,5)7-2;2*1-4-6(2,3)5(7)8/h2*5-22H2,1-4H3;9H,6-8H2,1-5H3,(H,13,15)(H,14,16);2*4H2,1-3H3,(H,7,8). The van der Waals surface area contributed by atoms with Gasteiger partial charge >= 0.3 is 23.9 Å². The molecule has 1 unspecified atom stereocenters. The van der Waals surface area contributed by atoms with Crippen LogP contribution < -0.4 is 10.6 Å². The molecule has 2 amide bonds. The van der Waals surface area contributed by atoms with Crippen LogP contribution in [-0.4, -0.2) is 65.8 Å². The first-order chi connectivity index (χ1) is 39.4. The molecule has 0 aromatic rings. The Bertz CT molecular complexity index is 1480. The van der Waals surface area contributed by atoms with Crippen molar-refractivity contribution in [2.45, 2.75) is 376 Å². The van der Waals surface area contributed by atoms with E-state index in [1.807, 2.05) is 90.0 Å². The van der Waals surface area contributed by atoms with Crippen LogP contribution in [0.3, 0.4) is 0 Å². The van der Waals surface area contributed by atoms with Crippen LogP contribution >= 0.6 is 0 Å². The average molecular weight is 1200 g/mol. The molecule has 0 spiro atoms. The van der Waals surface area contributed by atoms with Gasteiger partial charge in [0.15, 0.2) is 0 Å². The van der Waals surface area contributed by atoms with Crippen LogP contribution in [0.4, 0.5) is 0 Å². The largest absolute Gasteiger partial charge is 0.481 e. The van der Waals surface area contributed by atoms with Gasteiger partial charge in [0.25, 0.3) is 0 Å². The number of carboxylic acids is 2. The lowest BCUT2D eigenvalue weighted by molar-refractivity contribution is -0.155. The highest BCUT2D eigenvalue weighted by Crippen LogP contribution is 2.24. The summed E-state index contributed by atoms with van der Waals surface area (Å²) >= 11 is 0. The van der Waals surface area contributed by atoms with E-state index in [1.165, 1.54) is 193 Å². The van der Waals surface area contributed by atoms with E-state index in [0.29, 0.717) is 26.1 Å². The van der Waals surface area contributed by atoms with E-state index < -0.39 is 22.8 Å². The first-order valence-corrected chi connectivity index (χ1v) is 34.8. The van der Waals surface area contributed by atoms with E-state index >= 15 is 0 Å². The zero-order chi connectivity index (χ0) is 65.4. The number of nitrogens with one attached hydrogen (secondary N) is 2. The molecule has 4 N–H and O–H groups in total. The number of hydrogen-bond donors (Lipinski definition) is 4. The molecular weight excluding hydrogens is 1050 g/mol. The molecule has 0 fully saturated rings. The lowest BCUT2D eigenvalue weighted by Gasteiger charge is -2.21. The van der Waals surface area contributed by atoms with Crippen LogP contribution in [0, 0.1) is 33.0 Å². The van der Waals surface area contributed by atoms with Gasteiger partial charge in [-0.25, -0.2) is 0 Å². The van der Waals surface area contributed by atoms with E-state index in [1.54, 1.807) is 27.7 Å². The molecule has 12 nitrogen and oxygen atoms in total. The van der Waals surface area contributed by atoms with Gasteiger partial charge in [-0.15, -0.1) is 0 Å². The summed E-state index contributed by atoms with van der Waals surface area (Å²) in [6.45, 7) is 38.1. The Morgan fingerprint density at radius 1 is 0.333 bits per heavy atom. The van der Waals surface area contributed by atoms with Crippen molar-refractivity contribution in [3.05, 3.63) is 0 Å². The third-order valence-electron chi connectivity index (χ3n) is 17.3. The zero-order valence-corrected chi connectivity index (χ0v) is 59.2. The Labute approximate surface area is 521 Å². The number of carbonyl (C=O) groups excluding carboxylic acids is 4. The molecule has 0 aromatic carbocycles. The van der Waals surface area contributed by atoms with Crippen molar-refractivity contribution >= 4 is 35.7 Å². The summed E-state index contributed by atoms with van der Waals surface area (Å²) in [6.07, 6.45) is 48.4. The van der Waals surface area contributed by atoms with Crippen molar-refractivity contribution in [3.8, 4) is 0 Å². The fourth-order valence-corrected chi connectivity index (χ4v) is 7.58. The van der Waals surface area contributed by atoms with Gasteiger partial charge in [0.1, 0.15) is 0 Å². The number of carboxylic acid groups (broad SMARTS) is 2. The highest BCUT2D eigenvalue weighted by molar-refractivity contribution is 5.83. The summed E-state index contributed by atoms with van der Waals surface area (Å²) in [4.78, 5) is 67.2. The minimum atomic E-state index is -0.722. The summed E-state index contributed by atoms with van der Waals surface area (Å²) in [5, 5.41) is 22.3. The minimum absolute atomic E-state index is 0.00362. The summed E-state index contributed by atoms with van der Waals surface area (Å²) in [5.74, 6) is -1.57. The molecule has 1 atom stereocenters.